The summed E-state index contributed by atoms with van der Waals surface area (Å²) in [7, 11) is 3.21. The van der Waals surface area contributed by atoms with Gasteiger partial charge in [-0.3, -0.25) is 9.69 Å². The maximum absolute atomic E-state index is 12.5. The number of carboxylic acids is 1. The first-order valence-corrected chi connectivity index (χ1v) is 8.51. The van der Waals surface area contributed by atoms with Crippen molar-refractivity contribution in [2.45, 2.75) is 0 Å². The second-order valence-corrected chi connectivity index (χ2v) is 6.49. The highest BCUT2D eigenvalue weighted by Gasteiger charge is 2.30. The van der Waals surface area contributed by atoms with Crippen molar-refractivity contribution in [3.05, 3.63) is 64.6 Å². The largest absolute Gasteiger partial charge is 0.545 e. The van der Waals surface area contributed by atoms with Gasteiger partial charge in [-0.25, -0.2) is 4.99 Å². The van der Waals surface area contributed by atoms with Crippen molar-refractivity contribution < 1.29 is 19.4 Å². The Morgan fingerprint density at radius 1 is 1.23 bits per heavy atom. The van der Waals surface area contributed by atoms with Crippen LogP contribution in [-0.4, -0.2) is 36.1 Å². The van der Waals surface area contributed by atoms with E-state index in [1.807, 2.05) is 24.3 Å². The Hall–Kier alpha value is -3.06. The van der Waals surface area contributed by atoms with E-state index < -0.39 is 5.97 Å². The molecule has 1 aliphatic rings. The molecule has 3 rings (SSSR count). The molecule has 0 atom stereocenters. The normalized spacial score (nSPS) is 17.2. The Balaban J connectivity index is 1.90. The molecular weight excluding hydrogens is 352 g/mol. The topological polar surface area (TPSA) is 82.0 Å². The van der Waals surface area contributed by atoms with Crippen LogP contribution in [0.2, 0.25) is 0 Å². The second kappa shape index (κ2) is 7.45. The van der Waals surface area contributed by atoms with Crippen LogP contribution in [0.1, 0.15) is 15.9 Å². The van der Waals surface area contributed by atoms with Gasteiger partial charge in [0.05, 0.1) is 23.7 Å². The van der Waals surface area contributed by atoms with E-state index in [0.29, 0.717) is 21.5 Å². The number of aliphatic imine (C=N–C) groups is 1. The molecule has 1 saturated heterocycles. The SMILES string of the molecule is COc1cccc(/C=C2/SC(=Nc3cccc(C(=O)[O-])c3)N(C)C2=O)c1. The van der Waals surface area contributed by atoms with Gasteiger partial charge >= 0.3 is 0 Å². The highest BCUT2D eigenvalue weighted by Crippen LogP contribution is 2.33. The minimum absolute atomic E-state index is 0.0379. The molecule has 0 N–H and O–H groups in total. The summed E-state index contributed by atoms with van der Waals surface area (Å²) >= 11 is 1.23. The number of thioether (sulfide) groups is 1. The van der Waals surface area contributed by atoms with E-state index in [0.717, 1.165) is 5.56 Å². The minimum atomic E-state index is -1.27. The number of carbonyl (C=O) groups excluding carboxylic acids is 2. The van der Waals surface area contributed by atoms with Gasteiger partial charge in [0.25, 0.3) is 5.91 Å². The lowest BCUT2D eigenvalue weighted by Gasteiger charge is -2.08. The number of benzene rings is 2. The van der Waals surface area contributed by atoms with Gasteiger partial charge < -0.3 is 14.6 Å². The van der Waals surface area contributed by atoms with Gasteiger partial charge in [0.15, 0.2) is 5.17 Å². The lowest BCUT2D eigenvalue weighted by atomic mass is 10.2. The average Bonchev–Trinajstić information content (AvgIpc) is 2.90. The first kappa shape index (κ1) is 17.8. The predicted octanol–water partition coefficient (Wildman–Crippen LogP) is 2.29. The average molecular weight is 367 g/mol. The summed E-state index contributed by atoms with van der Waals surface area (Å²) in [6, 6.07) is 13.5. The van der Waals surface area contributed by atoms with Crippen LogP contribution in [-0.2, 0) is 4.79 Å². The summed E-state index contributed by atoms with van der Waals surface area (Å²) in [6.07, 6.45) is 1.77. The number of amides is 1. The molecule has 0 bridgehead atoms. The molecule has 1 fully saturated rings. The maximum Gasteiger partial charge on any atom is 0.266 e. The Morgan fingerprint density at radius 3 is 2.73 bits per heavy atom. The Morgan fingerprint density at radius 2 is 2.00 bits per heavy atom. The molecule has 2 aromatic rings. The van der Waals surface area contributed by atoms with Crippen LogP contribution < -0.4 is 9.84 Å². The third-order valence-corrected chi connectivity index (χ3v) is 4.76. The highest BCUT2D eigenvalue weighted by molar-refractivity contribution is 8.18. The third kappa shape index (κ3) is 3.78. The van der Waals surface area contributed by atoms with Crippen LogP contribution >= 0.6 is 11.8 Å². The second-order valence-electron chi connectivity index (χ2n) is 5.48. The van der Waals surface area contributed by atoms with Gasteiger partial charge in [-0.05, 0) is 53.2 Å². The number of methoxy groups -OCH3 is 1. The van der Waals surface area contributed by atoms with Crippen LogP contribution in [0.25, 0.3) is 6.08 Å². The van der Waals surface area contributed by atoms with Crippen LogP contribution in [0.3, 0.4) is 0 Å². The van der Waals surface area contributed by atoms with Gasteiger partial charge in [0.2, 0.25) is 0 Å². The quantitative estimate of drug-likeness (QED) is 0.775. The molecule has 1 aliphatic heterocycles. The number of rotatable bonds is 4. The monoisotopic (exact) mass is 367 g/mol. The van der Waals surface area contributed by atoms with Crippen LogP contribution in [0.15, 0.2) is 58.4 Å². The van der Waals surface area contributed by atoms with Crippen molar-refractivity contribution in [1.82, 2.24) is 4.90 Å². The number of hydrogen-bond donors (Lipinski definition) is 0. The fourth-order valence-corrected chi connectivity index (χ4v) is 3.33. The van der Waals surface area contributed by atoms with Crippen molar-refractivity contribution in [2.75, 3.05) is 14.2 Å². The van der Waals surface area contributed by atoms with Crippen molar-refractivity contribution in [2.24, 2.45) is 4.99 Å². The third-order valence-electron chi connectivity index (χ3n) is 3.70. The summed E-state index contributed by atoms with van der Waals surface area (Å²) in [4.78, 5) is 29.8. The molecule has 1 heterocycles. The molecule has 26 heavy (non-hydrogen) atoms. The zero-order valence-corrected chi connectivity index (χ0v) is 14.9. The van der Waals surface area contributed by atoms with Crippen molar-refractivity contribution in [1.29, 1.82) is 0 Å². The van der Waals surface area contributed by atoms with E-state index in [2.05, 4.69) is 4.99 Å². The summed E-state index contributed by atoms with van der Waals surface area (Å²) in [5.74, 6) is -0.738. The van der Waals surface area contributed by atoms with E-state index >= 15 is 0 Å². The summed E-state index contributed by atoms with van der Waals surface area (Å²) in [6.45, 7) is 0. The summed E-state index contributed by atoms with van der Waals surface area (Å²) < 4.78 is 5.19. The fourth-order valence-electron chi connectivity index (χ4n) is 2.35. The predicted molar refractivity (Wildman–Crippen MR) is 99.2 cm³/mol. The lowest BCUT2D eigenvalue weighted by Crippen LogP contribution is -2.23. The van der Waals surface area contributed by atoms with Gasteiger partial charge in [-0.15, -0.1) is 0 Å². The van der Waals surface area contributed by atoms with E-state index in [1.165, 1.54) is 28.8 Å². The smallest absolute Gasteiger partial charge is 0.266 e. The Kier molecular flexibility index (Phi) is 5.09. The van der Waals surface area contributed by atoms with E-state index in [9.17, 15) is 14.7 Å². The number of carbonyl (C=O) groups is 2. The fraction of sp³-hybridized carbons (Fsp3) is 0.105. The van der Waals surface area contributed by atoms with Gasteiger partial charge in [-0.1, -0.05) is 24.3 Å². The van der Waals surface area contributed by atoms with E-state index in [4.69, 9.17) is 4.74 Å². The molecule has 0 radical (unpaired) electrons. The molecule has 0 spiro atoms. The molecule has 2 aromatic carbocycles. The van der Waals surface area contributed by atoms with Crippen molar-refractivity contribution >= 4 is 40.6 Å². The molecule has 0 aliphatic carbocycles. The molecule has 132 valence electrons. The molecule has 0 saturated carbocycles. The molecule has 0 aromatic heterocycles. The van der Waals surface area contributed by atoms with E-state index in [-0.39, 0.29) is 11.5 Å². The summed E-state index contributed by atoms with van der Waals surface area (Å²) in [5.41, 5.74) is 1.32. The van der Waals surface area contributed by atoms with Gasteiger partial charge in [-0.2, -0.15) is 0 Å². The number of carboxylic acid groups (broad SMARTS) is 1. The zero-order chi connectivity index (χ0) is 18.7. The van der Waals surface area contributed by atoms with Crippen LogP contribution in [0, 0.1) is 0 Å². The molecular formula is C19H15N2O4S-. The highest BCUT2D eigenvalue weighted by atomic mass is 32.2. The van der Waals surface area contributed by atoms with Gasteiger partial charge in [0.1, 0.15) is 5.75 Å². The molecule has 1 amide bonds. The van der Waals surface area contributed by atoms with E-state index in [1.54, 1.807) is 32.4 Å². The van der Waals surface area contributed by atoms with Gasteiger partial charge in [0, 0.05) is 7.05 Å². The first-order chi connectivity index (χ1) is 12.5. The summed E-state index contributed by atoms with van der Waals surface area (Å²) in [5, 5.41) is 11.4. The van der Waals surface area contributed by atoms with Crippen molar-refractivity contribution in [3.63, 3.8) is 0 Å². The molecule has 7 heteroatoms. The maximum atomic E-state index is 12.5. The molecule has 0 unspecified atom stereocenters. The minimum Gasteiger partial charge on any atom is -0.545 e. The number of hydrogen-bond acceptors (Lipinski definition) is 6. The number of aromatic carboxylic acids is 1. The number of likely N-dealkylation sites (N-methyl/N-ethyl adjacent to an activating group) is 1. The Bertz CT molecular complexity index is 937. The zero-order valence-electron chi connectivity index (χ0n) is 14.1. The Labute approximate surface area is 154 Å². The number of nitrogens with zero attached hydrogens (tertiary/aromatic N) is 2. The molecule has 6 nitrogen and oxygen atoms in total. The van der Waals surface area contributed by atoms with Crippen LogP contribution in [0.5, 0.6) is 5.75 Å². The first-order valence-electron chi connectivity index (χ1n) is 7.69. The van der Waals surface area contributed by atoms with Crippen molar-refractivity contribution in [3.8, 4) is 5.75 Å². The number of ether oxygens (including phenoxy) is 1. The number of amidine groups is 1. The standard InChI is InChI=1S/C19H16N2O4S/c1-21-17(22)16(10-12-5-3-8-15(9-12)25-2)26-19(21)20-14-7-4-6-13(11-14)18(23)24/h3-11H,1-2H3,(H,23,24)/p-1/b16-10+,20-19?. The van der Waals surface area contributed by atoms with Crippen LogP contribution in [0.4, 0.5) is 5.69 Å². The lowest BCUT2D eigenvalue weighted by molar-refractivity contribution is -0.255.